The minimum Gasteiger partial charge on any atom is -0.496 e. The van der Waals surface area contributed by atoms with Gasteiger partial charge >= 0.3 is 0 Å². The van der Waals surface area contributed by atoms with Crippen LogP contribution in [0.15, 0.2) is 12.3 Å². The Labute approximate surface area is 55.1 Å². The van der Waals surface area contributed by atoms with Crippen molar-refractivity contribution in [3.05, 3.63) is 12.3 Å². The second-order valence-corrected chi connectivity index (χ2v) is 2.36. The van der Waals surface area contributed by atoms with Crippen molar-refractivity contribution in [2.24, 2.45) is 0 Å². The van der Waals surface area contributed by atoms with E-state index < -0.39 is 0 Å². The Morgan fingerprint density at radius 2 is 2.56 bits per heavy atom. The first kappa shape index (κ1) is 6.62. The van der Waals surface area contributed by atoms with Gasteiger partial charge in [0.2, 0.25) is 0 Å². The Balaban J connectivity index is 2.35. The van der Waals surface area contributed by atoms with E-state index in [0.717, 1.165) is 12.8 Å². The van der Waals surface area contributed by atoms with Gasteiger partial charge in [0.1, 0.15) is 6.10 Å². The van der Waals surface area contributed by atoms with Crippen molar-refractivity contribution >= 4 is 0 Å². The van der Waals surface area contributed by atoms with Gasteiger partial charge < -0.3 is 9.84 Å². The third-order valence-corrected chi connectivity index (χ3v) is 1.51. The molecule has 2 atom stereocenters. The zero-order valence-electron chi connectivity index (χ0n) is 5.58. The van der Waals surface area contributed by atoms with Gasteiger partial charge in [0.05, 0.1) is 12.4 Å². The molecule has 1 aliphatic heterocycles. The van der Waals surface area contributed by atoms with Crippen LogP contribution in [-0.2, 0) is 4.74 Å². The molecule has 2 nitrogen and oxygen atoms in total. The number of allylic oxidation sites excluding steroid dienone is 1. The molecule has 0 aliphatic carbocycles. The van der Waals surface area contributed by atoms with E-state index in [2.05, 4.69) is 0 Å². The highest BCUT2D eigenvalue weighted by Crippen LogP contribution is 2.12. The molecular formula is C7H12O2. The molecule has 1 rings (SSSR count). The molecule has 0 aromatic rings. The molecular weight excluding hydrogens is 116 g/mol. The molecule has 0 bridgehead atoms. The van der Waals surface area contributed by atoms with Gasteiger partial charge in [-0.2, -0.15) is 0 Å². The number of aliphatic hydroxyl groups is 1. The van der Waals surface area contributed by atoms with Crippen LogP contribution in [0.3, 0.4) is 0 Å². The van der Waals surface area contributed by atoms with Crippen molar-refractivity contribution in [2.75, 3.05) is 0 Å². The molecule has 1 aliphatic rings. The standard InChI is InChI=1S/C7H12O2/c1-6(8)7-4-2-3-5-9-7/h3,5-8H,2,4H2,1H3. The van der Waals surface area contributed by atoms with E-state index in [1.165, 1.54) is 0 Å². The van der Waals surface area contributed by atoms with E-state index in [0.29, 0.717) is 0 Å². The predicted molar refractivity (Wildman–Crippen MR) is 34.9 cm³/mol. The number of rotatable bonds is 1. The van der Waals surface area contributed by atoms with Gasteiger partial charge in [-0.15, -0.1) is 0 Å². The summed E-state index contributed by atoms with van der Waals surface area (Å²) < 4.78 is 5.11. The highest BCUT2D eigenvalue weighted by molar-refractivity contribution is 4.83. The van der Waals surface area contributed by atoms with Crippen LogP contribution in [0.4, 0.5) is 0 Å². The molecule has 0 radical (unpaired) electrons. The molecule has 0 spiro atoms. The second kappa shape index (κ2) is 2.87. The third kappa shape index (κ3) is 1.72. The summed E-state index contributed by atoms with van der Waals surface area (Å²) in [5.74, 6) is 0. The van der Waals surface area contributed by atoms with E-state index in [1.54, 1.807) is 13.2 Å². The highest BCUT2D eigenvalue weighted by atomic mass is 16.5. The number of ether oxygens (including phenoxy) is 1. The minimum absolute atomic E-state index is 0.0231. The molecule has 2 unspecified atom stereocenters. The van der Waals surface area contributed by atoms with E-state index in [9.17, 15) is 0 Å². The van der Waals surface area contributed by atoms with E-state index >= 15 is 0 Å². The summed E-state index contributed by atoms with van der Waals surface area (Å²) in [5, 5.41) is 9.02. The quantitative estimate of drug-likeness (QED) is 0.572. The zero-order valence-corrected chi connectivity index (χ0v) is 5.58. The summed E-state index contributed by atoms with van der Waals surface area (Å²) in [7, 11) is 0. The van der Waals surface area contributed by atoms with Crippen molar-refractivity contribution in [1.82, 2.24) is 0 Å². The van der Waals surface area contributed by atoms with Gasteiger partial charge in [-0.3, -0.25) is 0 Å². The van der Waals surface area contributed by atoms with Crippen LogP contribution in [0.1, 0.15) is 19.8 Å². The average molecular weight is 128 g/mol. The summed E-state index contributed by atoms with van der Waals surface area (Å²) in [6, 6.07) is 0. The number of hydrogen-bond acceptors (Lipinski definition) is 2. The lowest BCUT2D eigenvalue weighted by molar-refractivity contribution is 0.00880. The Morgan fingerprint density at radius 1 is 1.78 bits per heavy atom. The maximum atomic E-state index is 9.02. The Bertz CT molecular complexity index is 107. The normalized spacial score (nSPS) is 29.3. The molecule has 0 fully saturated rings. The second-order valence-electron chi connectivity index (χ2n) is 2.36. The lowest BCUT2D eigenvalue weighted by Crippen LogP contribution is -2.25. The molecule has 0 aromatic heterocycles. The monoisotopic (exact) mass is 128 g/mol. The van der Waals surface area contributed by atoms with Crippen LogP contribution in [-0.4, -0.2) is 17.3 Å². The van der Waals surface area contributed by atoms with E-state index in [4.69, 9.17) is 9.84 Å². The van der Waals surface area contributed by atoms with E-state index in [-0.39, 0.29) is 12.2 Å². The van der Waals surface area contributed by atoms with Gasteiger partial charge in [0.15, 0.2) is 0 Å². The molecule has 0 saturated heterocycles. The molecule has 1 N–H and O–H groups in total. The maximum absolute atomic E-state index is 9.02. The van der Waals surface area contributed by atoms with Crippen molar-refractivity contribution in [1.29, 1.82) is 0 Å². The van der Waals surface area contributed by atoms with Gasteiger partial charge in [0, 0.05) is 0 Å². The topological polar surface area (TPSA) is 29.5 Å². The molecule has 0 amide bonds. The molecule has 2 heteroatoms. The summed E-state index contributed by atoms with van der Waals surface area (Å²) in [4.78, 5) is 0. The molecule has 1 heterocycles. The van der Waals surface area contributed by atoms with Crippen molar-refractivity contribution in [3.8, 4) is 0 Å². The van der Waals surface area contributed by atoms with Crippen LogP contribution in [0, 0.1) is 0 Å². The number of hydrogen-bond donors (Lipinski definition) is 1. The molecule has 52 valence electrons. The molecule has 0 aromatic carbocycles. The fourth-order valence-corrected chi connectivity index (χ4v) is 0.908. The summed E-state index contributed by atoms with van der Waals surface area (Å²) in [6.07, 6.45) is 5.29. The predicted octanol–water partition coefficient (Wildman–Crippen LogP) is 1.06. The largest absolute Gasteiger partial charge is 0.496 e. The van der Waals surface area contributed by atoms with Gasteiger partial charge in [-0.1, -0.05) is 0 Å². The summed E-state index contributed by atoms with van der Waals surface area (Å²) in [6.45, 7) is 1.75. The van der Waals surface area contributed by atoms with Crippen LogP contribution < -0.4 is 0 Å². The first-order valence-electron chi connectivity index (χ1n) is 3.29. The van der Waals surface area contributed by atoms with Crippen molar-refractivity contribution in [3.63, 3.8) is 0 Å². The van der Waals surface area contributed by atoms with E-state index in [1.807, 2.05) is 6.08 Å². The van der Waals surface area contributed by atoms with Crippen LogP contribution in [0.2, 0.25) is 0 Å². The summed E-state index contributed by atoms with van der Waals surface area (Å²) >= 11 is 0. The smallest absolute Gasteiger partial charge is 0.124 e. The highest BCUT2D eigenvalue weighted by Gasteiger charge is 2.15. The SMILES string of the molecule is CC(O)C1CCC=CO1. The lowest BCUT2D eigenvalue weighted by Gasteiger charge is -2.21. The zero-order chi connectivity index (χ0) is 6.69. The number of aliphatic hydroxyl groups excluding tert-OH is 1. The van der Waals surface area contributed by atoms with Gasteiger partial charge in [0.25, 0.3) is 0 Å². The van der Waals surface area contributed by atoms with Crippen LogP contribution in [0.5, 0.6) is 0 Å². The third-order valence-electron chi connectivity index (χ3n) is 1.51. The minimum atomic E-state index is -0.338. The molecule has 0 saturated carbocycles. The average Bonchev–Trinajstić information content (AvgIpc) is 1.90. The van der Waals surface area contributed by atoms with Crippen molar-refractivity contribution in [2.45, 2.75) is 32.0 Å². The fourth-order valence-electron chi connectivity index (χ4n) is 0.908. The maximum Gasteiger partial charge on any atom is 0.124 e. The first-order chi connectivity index (χ1) is 4.30. The van der Waals surface area contributed by atoms with Gasteiger partial charge in [-0.05, 0) is 25.8 Å². The first-order valence-corrected chi connectivity index (χ1v) is 3.29. The van der Waals surface area contributed by atoms with Crippen LogP contribution in [0.25, 0.3) is 0 Å². The Morgan fingerprint density at radius 3 is 2.89 bits per heavy atom. The van der Waals surface area contributed by atoms with Crippen LogP contribution >= 0.6 is 0 Å². The summed E-state index contributed by atoms with van der Waals surface area (Å²) in [5.41, 5.74) is 0. The van der Waals surface area contributed by atoms with Gasteiger partial charge in [-0.25, -0.2) is 0 Å². The lowest BCUT2D eigenvalue weighted by atomic mass is 10.1. The Kier molecular flexibility index (Phi) is 2.11. The van der Waals surface area contributed by atoms with Crippen molar-refractivity contribution < 1.29 is 9.84 Å². The fraction of sp³-hybridized carbons (Fsp3) is 0.714. The Hall–Kier alpha value is -0.500. The molecule has 9 heavy (non-hydrogen) atoms.